The lowest BCUT2D eigenvalue weighted by molar-refractivity contribution is -0.132. The van der Waals surface area contributed by atoms with Crippen molar-refractivity contribution in [2.24, 2.45) is 0 Å². The van der Waals surface area contributed by atoms with Crippen LogP contribution in [0.15, 0.2) is 46.9 Å². The molecule has 2 amide bonds. The number of carbonyl (C=O) groups is 2. The van der Waals surface area contributed by atoms with Gasteiger partial charge in [0.15, 0.2) is 0 Å². The van der Waals surface area contributed by atoms with E-state index in [1.54, 1.807) is 0 Å². The summed E-state index contributed by atoms with van der Waals surface area (Å²) in [5, 5.41) is 1.89. The van der Waals surface area contributed by atoms with E-state index in [9.17, 15) is 9.59 Å². The number of amides is 2. The zero-order chi connectivity index (χ0) is 20.1. The maximum atomic E-state index is 12.7. The summed E-state index contributed by atoms with van der Waals surface area (Å²) in [7, 11) is 2.06. The van der Waals surface area contributed by atoms with Gasteiger partial charge >= 0.3 is 0 Å². The Hall–Kier alpha value is -2.00. The van der Waals surface area contributed by atoms with Crippen LogP contribution in [-0.2, 0) is 9.59 Å². The van der Waals surface area contributed by atoms with Gasteiger partial charge in [-0.05, 0) is 31.2 Å². The summed E-state index contributed by atoms with van der Waals surface area (Å²) in [5.41, 5.74) is 4.89. The molecule has 0 spiro atoms. The topological polar surface area (TPSA) is 55.9 Å². The van der Waals surface area contributed by atoms with E-state index in [1.165, 1.54) is 16.7 Å². The highest BCUT2D eigenvalue weighted by molar-refractivity contribution is 8.26. The third-order valence-electron chi connectivity index (χ3n) is 4.51. The minimum Gasteiger partial charge on any atom is -0.304 e. The number of piperazine rings is 1. The summed E-state index contributed by atoms with van der Waals surface area (Å²) in [5.74, 6) is -0.442. The summed E-state index contributed by atoms with van der Waals surface area (Å²) >= 11 is 6.56. The second-order valence-electron chi connectivity index (χ2n) is 6.89. The monoisotopic (exact) mass is 416 g/mol. The van der Waals surface area contributed by atoms with Gasteiger partial charge in [0.1, 0.15) is 10.9 Å². The Morgan fingerprint density at radius 2 is 1.89 bits per heavy atom. The molecule has 148 valence electrons. The fourth-order valence-corrected chi connectivity index (χ4v) is 4.28. The van der Waals surface area contributed by atoms with E-state index in [4.69, 9.17) is 12.2 Å². The van der Waals surface area contributed by atoms with Crippen molar-refractivity contribution >= 4 is 46.2 Å². The quantitative estimate of drug-likeness (QED) is 0.586. The third-order valence-corrected chi connectivity index (χ3v) is 5.89. The Kier molecular flexibility index (Phi) is 7.01. The van der Waals surface area contributed by atoms with Crippen molar-refractivity contribution < 1.29 is 9.59 Å². The number of allylic oxidation sites excluding steroid dienone is 2. The summed E-state index contributed by atoms with van der Waals surface area (Å²) in [4.78, 5) is 29.2. The van der Waals surface area contributed by atoms with Gasteiger partial charge in [0.05, 0.1) is 4.91 Å². The number of carbonyl (C=O) groups excluding carboxylic acids is 2. The molecule has 2 saturated heterocycles. The molecule has 2 heterocycles. The first-order valence-electron chi connectivity index (χ1n) is 9.14. The van der Waals surface area contributed by atoms with Crippen LogP contribution in [0.5, 0.6) is 0 Å². The zero-order valence-corrected chi connectivity index (χ0v) is 17.7. The van der Waals surface area contributed by atoms with Crippen LogP contribution in [0.2, 0.25) is 0 Å². The van der Waals surface area contributed by atoms with Crippen molar-refractivity contribution in [1.29, 1.82) is 0 Å². The molecule has 2 aliphatic rings. The van der Waals surface area contributed by atoms with Gasteiger partial charge in [-0.3, -0.25) is 19.9 Å². The largest absolute Gasteiger partial charge is 0.304 e. The first kappa shape index (κ1) is 20.7. The predicted octanol–water partition coefficient (Wildman–Crippen LogP) is 2.11. The molecule has 0 unspecified atom stereocenters. The molecule has 0 aliphatic carbocycles. The molecule has 2 aliphatic heterocycles. The standard InChI is InChI=1S/C20H24N4O2S2/c1-15(12-16-6-4-3-5-7-16)13-17-19(26)24(20(27)28-17)14-18(25)21-23-10-8-22(2)9-11-23/h3-7,12-13H,8-11,14H2,1-2H3,(H,21,25)/b15-12+,17-13-. The molecular formula is C20H24N4O2S2. The second kappa shape index (κ2) is 9.47. The van der Waals surface area contributed by atoms with Crippen LogP contribution in [-0.4, -0.2) is 70.7 Å². The lowest BCUT2D eigenvalue weighted by Gasteiger charge is -2.32. The van der Waals surface area contributed by atoms with Crippen molar-refractivity contribution in [2.75, 3.05) is 39.8 Å². The minimum absolute atomic E-state index is 0.0597. The molecule has 0 atom stereocenters. The molecule has 8 heteroatoms. The summed E-state index contributed by atoms with van der Waals surface area (Å²) in [6.45, 7) is 5.22. The molecule has 3 rings (SSSR count). The van der Waals surface area contributed by atoms with Crippen LogP contribution in [0, 0.1) is 0 Å². The van der Waals surface area contributed by atoms with Gasteiger partial charge in [-0.25, -0.2) is 5.01 Å². The lowest BCUT2D eigenvalue weighted by atomic mass is 10.1. The van der Waals surface area contributed by atoms with Crippen molar-refractivity contribution in [1.82, 2.24) is 20.2 Å². The van der Waals surface area contributed by atoms with Gasteiger partial charge in [-0.15, -0.1) is 0 Å². The van der Waals surface area contributed by atoms with Crippen molar-refractivity contribution in [3.8, 4) is 0 Å². The van der Waals surface area contributed by atoms with Crippen molar-refractivity contribution in [2.45, 2.75) is 6.92 Å². The molecule has 0 bridgehead atoms. The average molecular weight is 417 g/mol. The highest BCUT2D eigenvalue weighted by atomic mass is 32.2. The van der Waals surface area contributed by atoms with Crippen LogP contribution in [0.4, 0.5) is 0 Å². The number of rotatable bonds is 5. The molecule has 0 saturated carbocycles. The number of thioether (sulfide) groups is 1. The Balaban J connectivity index is 1.60. The van der Waals surface area contributed by atoms with Crippen LogP contribution in [0.3, 0.4) is 0 Å². The number of hydrazine groups is 1. The SMILES string of the molecule is CC(/C=C1\SC(=S)N(CC(=O)NN2CCN(C)CC2)C1=O)=C\c1ccccc1. The minimum atomic E-state index is -0.223. The van der Waals surface area contributed by atoms with E-state index < -0.39 is 0 Å². The second-order valence-corrected chi connectivity index (χ2v) is 8.57. The maximum Gasteiger partial charge on any atom is 0.266 e. The van der Waals surface area contributed by atoms with Crippen LogP contribution >= 0.6 is 24.0 Å². The van der Waals surface area contributed by atoms with Crippen LogP contribution < -0.4 is 5.43 Å². The predicted molar refractivity (Wildman–Crippen MR) is 117 cm³/mol. The number of nitrogens with zero attached hydrogens (tertiary/aromatic N) is 3. The first-order chi connectivity index (χ1) is 13.4. The van der Waals surface area contributed by atoms with Gasteiger partial charge in [-0.1, -0.05) is 60.4 Å². The number of nitrogens with one attached hydrogen (secondary N) is 1. The fourth-order valence-electron chi connectivity index (χ4n) is 2.97. The summed E-state index contributed by atoms with van der Waals surface area (Å²) < 4.78 is 0.414. The molecule has 28 heavy (non-hydrogen) atoms. The molecule has 1 aromatic carbocycles. The molecule has 0 radical (unpaired) electrons. The van der Waals surface area contributed by atoms with Gasteiger partial charge in [-0.2, -0.15) is 0 Å². The number of hydrogen-bond acceptors (Lipinski definition) is 6. The Morgan fingerprint density at radius 1 is 1.21 bits per heavy atom. The number of benzene rings is 1. The highest BCUT2D eigenvalue weighted by Gasteiger charge is 2.33. The van der Waals surface area contributed by atoms with E-state index in [0.717, 1.165) is 37.3 Å². The summed E-state index contributed by atoms with van der Waals surface area (Å²) in [6.07, 6.45) is 3.83. The molecule has 1 N–H and O–H groups in total. The van der Waals surface area contributed by atoms with Gasteiger partial charge in [0.2, 0.25) is 0 Å². The van der Waals surface area contributed by atoms with E-state index in [0.29, 0.717) is 9.23 Å². The Bertz CT molecular complexity index is 815. The van der Waals surface area contributed by atoms with E-state index in [-0.39, 0.29) is 18.4 Å². The van der Waals surface area contributed by atoms with E-state index in [2.05, 4.69) is 17.4 Å². The zero-order valence-electron chi connectivity index (χ0n) is 16.1. The lowest BCUT2D eigenvalue weighted by Crippen LogP contribution is -2.54. The first-order valence-corrected chi connectivity index (χ1v) is 10.4. The number of likely N-dealkylation sites (N-methyl/N-ethyl adjacent to an activating group) is 1. The molecule has 1 aromatic rings. The fraction of sp³-hybridized carbons (Fsp3) is 0.350. The van der Waals surface area contributed by atoms with Crippen molar-refractivity contribution in [3.63, 3.8) is 0 Å². The maximum absolute atomic E-state index is 12.7. The van der Waals surface area contributed by atoms with Gasteiger partial charge < -0.3 is 4.90 Å². The number of hydrogen-bond donors (Lipinski definition) is 1. The number of thiocarbonyl (C=S) groups is 1. The normalized spacial score (nSPS) is 20.9. The van der Waals surface area contributed by atoms with Crippen molar-refractivity contribution in [3.05, 3.63) is 52.4 Å². The highest BCUT2D eigenvalue weighted by Crippen LogP contribution is 2.31. The van der Waals surface area contributed by atoms with E-state index >= 15 is 0 Å². The molecule has 6 nitrogen and oxygen atoms in total. The molecule has 2 fully saturated rings. The summed E-state index contributed by atoms with van der Waals surface area (Å²) in [6, 6.07) is 9.91. The van der Waals surface area contributed by atoms with Crippen LogP contribution in [0.1, 0.15) is 12.5 Å². The van der Waals surface area contributed by atoms with Gasteiger partial charge in [0, 0.05) is 26.2 Å². The average Bonchev–Trinajstić information content (AvgIpc) is 2.91. The van der Waals surface area contributed by atoms with Crippen LogP contribution in [0.25, 0.3) is 6.08 Å². The third kappa shape index (κ3) is 5.51. The smallest absolute Gasteiger partial charge is 0.266 e. The Labute approximate surface area is 175 Å². The van der Waals surface area contributed by atoms with E-state index in [1.807, 2.05) is 54.4 Å². The molecular weight excluding hydrogens is 392 g/mol. The Morgan fingerprint density at radius 3 is 2.57 bits per heavy atom. The molecule has 0 aromatic heterocycles. The van der Waals surface area contributed by atoms with Gasteiger partial charge in [0.25, 0.3) is 11.8 Å².